The van der Waals surface area contributed by atoms with Crippen LogP contribution in [-0.2, 0) is 9.09 Å². The number of hydrogen-bond donors (Lipinski definition) is 0. The fourth-order valence-corrected chi connectivity index (χ4v) is 1.91. The smallest absolute Gasteiger partial charge is 0.425 e. The van der Waals surface area contributed by atoms with Crippen molar-refractivity contribution in [3.63, 3.8) is 0 Å². The summed E-state index contributed by atoms with van der Waals surface area (Å²) in [5.74, 6) is 0.541. The number of rotatable bonds is 5. The molecule has 14 heavy (non-hydrogen) atoms. The maximum absolute atomic E-state index is 11.8. The van der Waals surface area contributed by atoms with Crippen molar-refractivity contribution in [2.75, 3.05) is 6.16 Å². The molecule has 1 aromatic carbocycles. The van der Waals surface area contributed by atoms with Gasteiger partial charge in [-0.05, 0) is 12.1 Å². The van der Waals surface area contributed by atoms with Crippen LogP contribution in [0.15, 0.2) is 43.2 Å². The zero-order valence-corrected chi connectivity index (χ0v) is 8.94. The minimum Gasteiger partial charge on any atom is -0.425 e. The zero-order chi connectivity index (χ0) is 10.4. The van der Waals surface area contributed by atoms with E-state index < -0.39 is 7.60 Å². The number of para-hydroxylation sites is 1. The van der Waals surface area contributed by atoms with Crippen molar-refractivity contribution in [3.05, 3.63) is 43.2 Å². The molecule has 1 atom stereocenters. The summed E-state index contributed by atoms with van der Waals surface area (Å²) >= 11 is 0. The minimum atomic E-state index is -3.04. The summed E-state index contributed by atoms with van der Waals surface area (Å²) in [6.45, 7) is 5.10. The molecule has 3 nitrogen and oxygen atoms in total. The third-order valence-corrected chi connectivity index (χ3v) is 3.34. The molecule has 0 aliphatic rings. The van der Waals surface area contributed by atoms with Crippen LogP contribution in [0.3, 0.4) is 0 Å². The minimum absolute atomic E-state index is 0.313. The normalized spacial score (nSPS) is 14.1. The molecule has 0 saturated heterocycles. The summed E-state index contributed by atoms with van der Waals surface area (Å²) in [7, 11) is -3.04. The Kier molecular flexibility index (Phi) is 3.78. The highest BCUT2D eigenvalue weighted by Crippen LogP contribution is 2.47. The first-order valence-electron chi connectivity index (χ1n) is 4.33. The Hall–Kier alpha value is -1.21. The Morgan fingerprint density at radius 3 is 2.57 bits per heavy atom. The first-order valence-corrected chi connectivity index (χ1v) is 6.06. The second-order valence-corrected chi connectivity index (χ2v) is 4.85. The predicted molar refractivity (Wildman–Crippen MR) is 56.5 cm³/mol. The van der Waals surface area contributed by atoms with Gasteiger partial charge in [0, 0.05) is 0 Å². The van der Waals surface area contributed by atoms with Crippen LogP contribution in [0.1, 0.15) is 6.92 Å². The predicted octanol–water partition coefficient (Wildman–Crippen LogP) is 3.44. The molecule has 0 N–H and O–H groups in total. The van der Waals surface area contributed by atoms with Crippen LogP contribution in [0.25, 0.3) is 0 Å². The molecule has 0 aromatic heterocycles. The summed E-state index contributed by atoms with van der Waals surface area (Å²) in [5.41, 5.74) is 0. The highest BCUT2D eigenvalue weighted by Gasteiger charge is 2.22. The third-order valence-electron chi connectivity index (χ3n) is 1.61. The van der Waals surface area contributed by atoms with Crippen LogP contribution in [0.4, 0.5) is 0 Å². The lowest BCUT2D eigenvalue weighted by molar-refractivity contribution is 0.356. The molecule has 4 heteroatoms. The highest BCUT2D eigenvalue weighted by molar-refractivity contribution is 7.54. The number of benzene rings is 1. The van der Waals surface area contributed by atoms with Gasteiger partial charge in [0.05, 0.1) is 12.4 Å². The monoisotopic (exact) mass is 212 g/mol. The van der Waals surface area contributed by atoms with Crippen molar-refractivity contribution in [2.24, 2.45) is 0 Å². The molecule has 1 rings (SSSR count). The summed E-state index contributed by atoms with van der Waals surface area (Å²) < 4.78 is 22.0. The maximum Gasteiger partial charge on any atom is 0.429 e. The van der Waals surface area contributed by atoms with Gasteiger partial charge in [-0.2, -0.15) is 0 Å². The van der Waals surface area contributed by atoms with Gasteiger partial charge in [-0.25, -0.2) is 4.57 Å². The van der Waals surface area contributed by atoms with E-state index in [1.807, 2.05) is 18.2 Å². The highest BCUT2D eigenvalue weighted by atomic mass is 31.2. The van der Waals surface area contributed by atoms with Crippen LogP contribution in [0.5, 0.6) is 5.75 Å². The van der Waals surface area contributed by atoms with E-state index in [2.05, 4.69) is 6.58 Å². The maximum atomic E-state index is 11.8. The lowest BCUT2D eigenvalue weighted by atomic mass is 10.3. The summed E-state index contributed by atoms with van der Waals surface area (Å²) in [6, 6.07) is 8.94. The van der Waals surface area contributed by atoms with Crippen molar-refractivity contribution >= 4 is 7.60 Å². The van der Waals surface area contributed by atoms with E-state index in [1.165, 1.54) is 0 Å². The van der Waals surface area contributed by atoms with Crippen molar-refractivity contribution < 1.29 is 13.6 Å². The van der Waals surface area contributed by atoms with Gasteiger partial charge in [-0.1, -0.05) is 31.7 Å². The zero-order valence-electron chi connectivity index (χ0n) is 8.05. The fraction of sp³-hybridized carbons (Fsp3) is 0.200. The average Bonchev–Trinajstić information content (AvgIpc) is 2.20. The Bertz CT molecular complexity index is 334. The van der Waals surface area contributed by atoms with E-state index in [0.717, 1.165) is 6.26 Å². The van der Waals surface area contributed by atoms with Gasteiger partial charge in [0.25, 0.3) is 0 Å². The van der Waals surface area contributed by atoms with E-state index in [4.69, 9.17) is 9.05 Å². The molecule has 0 amide bonds. The van der Waals surface area contributed by atoms with Gasteiger partial charge in [-0.15, -0.1) is 0 Å². The fourth-order valence-electron chi connectivity index (χ4n) is 0.916. The first kappa shape index (κ1) is 10.9. The van der Waals surface area contributed by atoms with Crippen molar-refractivity contribution in [1.29, 1.82) is 0 Å². The van der Waals surface area contributed by atoms with Gasteiger partial charge in [0.1, 0.15) is 5.75 Å². The Morgan fingerprint density at radius 2 is 2.07 bits per heavy atom. The molecule has 76 valence electrons. The summed E-state index contributed by atoms with van der Waals surface area (Å²) in [6.07, 6.45) is 1.46. The van der Waals surface area contributed by atoms with Crippen LogP contribution in [-0.4, -0.2) is 6.16 Å². The van der Waals surface area contributed by atoms with Gasteiger partial charge < -0.3 is 9.05 Å². The van der Waals surface area contributed by atoms with Gasteiger partial charge >= 0.3 is 7.60 Å². The quantitative estimate of drug-likeness (QED) is 0.554. The second kappa shape index (κ2) is 4.87. The second-order valence-electron chi connectivity index (χ2n) is 2.60. The molecule has 0 radical (unpaired) electrons. The molecule has 0 aliphatic heterocycles. The molecular weight excluding hydrogens is 199 g/mol. The molecule has 0 bridgehead atoms. The van der Waals surface area contributed by atoms with Gasteiger partial charge in [-0.3, -0.25) is 0 Å². The lowest BCUT2D eigenvalue weighted by Crippen LogP contribution is -1.96. The molecule has 0 saturated carbocycles. The number of hydrogen-bond acceptors (Lipinski definition) is 3. The molecule has 0 heterocycles. The van der Waals surface area contributed by atoms with E-state index in [1.54, 1.807) is 19.1 Å². The van der Waals surface area contributed by atoms with Crippen LogP contribution < -0.4 is 4.52 Å². The Balaban J connectivity index is 2.75. The first-order chi connectivity index (χ1) is 6.70. The summed E-state index contributed by atoms with van der Waals surface area (Å²) in [5, 5.41) is 0. The topological polar surface area (TPSA) is 35.5 Å². The molecule has 0 aliphatic carbocycles. The van der Waals surface area contributed by atoms with E-state index in [0.29, 0.717) is 11.9 Å². The summed E-state index contributed by atoms with van der Waals surface area (Å²) in [4.78, 5) is 0. The van der Waals surface area contributed by atoms with Gasteiger partial charge in [0.15, 0.2) is 0 Å². The van der Waals surface area contributed by atoms with E-state index in [-0.39, 0.29) is 0 Å². The van der Waals surface area contributed by atoms with Crippen LogP contribution >= 0.6 is 7.60 Å². The Labute approximate surface area is 83.9 Å². The van der Waals surface area contributed by atoms with Crippen LogP contribution in [0.2, 0.25) is 0 Å². The van der Waals surface area contributed by atoms with Crippen molar-refractivity contribution in [2.45, 2.75) is 6.92 Å². The van der Waals surface area contributed by atoms with E-state index in [9.17, 15) is 4.57 Å². The van der Waals surface area contributed by atoms with Gasteiger partial charge in [0.2, 0.25) is 0 Å². The SMILES string of the molecule is C=COP(=O)(CC)Oc1ccccc1. The van der Waals surface area contributed by atoms with Crippen molar-refractivity contribution in [3.8, 4) is 5.75 Å². The van der Waals surface area contributed by atoms with Crippen LogP contribution in [0, 0.1) is 0 Å². The molecule has 1 unspecified atom stereocenters. The lowest BCUT2D eigenvalue weighted by Gasteiger charge is -2.15. The molecule has 0 fully saturated rings. The standard InChI is InChI=1S/C10H13O3P/c1-3-12-14(11,4-2)13-10-8-6-5-7-9-10/h3,5-9H,1,4H2,2H3. The molecule has 0 spiro atoms. The largest absolute Gasteiger partial charge is 0.429 e. The molecular formula is C10H13O3P. The molecule has 1 aromatic rings. The van der Waals surface area contributed by atoms with E-state index >= 15 is 0 Å². The third kappa shape index (κ3) is 2.93. The average molecular weight is 212 g/mol. The Morgan fingerprint density at radius 1 is 1.43 bits per heavy atom. The van der Waals surface area contributed by atoms with Crippen molar-refractivity contribution in [1.82, 2.24) is 0 Å².